The molecule has 0 aliphatic heterocycles. The number of nitrogens with two attached hydrogens (primary N) is 1. The summed E-state index contributed by atoms with van der Waals surface area (Å²) >= 11 is 1.52. The second-order valence-corrected chi connectivity index (χ2v) is 18.3. The van der Waals surface area contributed by atoms with Crippen molar-refractivity contribution in [2.75, 3.05) is 30.8 Å². The Morgan fingerprint density at radius 2 is 1.63 bits per heavy atom. The zero-order valence-electron chi connectivity index (χ0n) is 12.3. The van der Waals surface area contributed by atoms with E-state index in [1.54, 1.807) is 0 Å². The largest absolute Gasteiger partial charge is 0.374 e. The number of hydrogen-bond donors (Lipinski definition) is 1. The monoisotopic (exact) mass is 297 g/mol. The fraction of sp³-hybridized carbons (Fsp3) is 0.429. The molecule has 1 aromatic heterocycles. The van der Waals surface area contributed by atoms with Gasteiger partial charge in [0.25, 0.3) is 0 Å². The summed E-state index contributed by atoms with van der Waals surface area (Å²) in [5.41, 5.74) is 7.14. The molecule has 2 aromatic rings. The molecule has 3 nitrogen and oxygen atoms in total. The molecule has 0 aliphatic rings. The first-order valence-corrected chi connectivity index (χ1v) is 11.2. The Labute approximate surface area is 118 Å². The van der Waals surface area contributed by atoms with Gasteiger partial charge in [0.05, 0.1) is 0 Å². The number of nitrogens with zero attached hydrogens (tertiary/aromatic N) is 2. The normalized spacial score (nSPS) is 17.5. The van der Waals surface area contributed by atoms with Gasteiger partial charge in [0.15, 0.2) is 0 Å². The zero-order chi connectivity index (χ0) is 14.4. The lowest BCUT2D eigenvalue weighted by Crippen LogP contribution is -2.36. The minimum absolute atomic E-state index is 0.383. The van der Waals surface area contributed by atoms with Crippen molar-refractivity contribution in [2.45, 2.75) is 16.5 Å². The molecule has 1 unspecified atom stereocenters. The van der Waals surface area contributed by atoms with Gasteiger partial charge >= 0.3 is 0 Å². The van der Waals surface area contributed by atoms with Crippen LogP contribution in [0.1, 0.15) is 17.7 Å². The molecule has 0 saturated carbocycles. The lowest BCUT2D eigenvalue weighted by molar-refractivity contribution is 0.964. The van der Waals surface area contributed by atoms with Crippen LogP contribution in [0.15, 0.2) is 34.7 Å². The van der Waals surface area contributed by atoms with Gasteiger partial charge in [-0.1, -0.05) is 48.6 Å². The summed E-state index contributed by atoms with van der Waals surface area (Å²) in [4.78, 5) is 0. The van der Waals surface area contributed by atoms with Gasteiger partial charge in [0.1, 0.15) is 4.34 Å². The smallest absolute Gasteiger partial charge is 0.203 e. The van der Waals surface area contributed by atoms with Crippen LogP contribution in [0.5, 0.6) is 0 Å². The topological polar surface area (TPSA) is 51.8 Å². The van der Waals surface area contributed by atoms with Gasteiger partial charge in [-0.2, -0.15) is 0 Å². The molecule has 2 N–H and O–H groups in total. The highest BCUT2D eigenvalue weighted by Gasteiger charge is 2.53. The molecule has 1 heterocycles. The predicted molar refractivity (Wildman–Crippen MR) is 88.7 cm³/mol. The Hall–Kier alpha value is -1.07. The molecule has 0 radical (unpaired) electrons. The van der Waals surface area contributed by atoms with Crippen molar-refractivity contribution in [3.8, 4) is 0 Å². The van der Waals surface area contributed by atoms with E-state index in [1.807, 2.05) is 0 Å². The summed E-state index contributed by atoms with van der Waals surface area (Å²) in [6.45, 7) is 2.29. The molecule has 19 heavy (non-hydrogen) atoms. The van der Waals surface area contributed by atoms with Crippen molar-refractivity contribution >= 4 is 24.8 Å². The molecule has 0 bridgehead atoms. The average molecular weight is 297 g/mol. The molecular weight excluding hydrogens is 274 g/mol. The first-order chi connectivity index (χ1) is 8.54. The number of hydrogen-bond acceptors (Lipinski definition) is 4. The number of benzene rings is 1. The van der Waals surface area contributed by atoms with Gasteiger partial charge in [-0.3, -0.25) is 0 Å². The van der Waals surface area contributed by atoms with E-state index < -0.39 is 8.29 Å². The van der Waals surface area contributed by atoms with Gasteiger partial charge in [0, 0.05) is 5.25 Å². The van der Waals surface area contributed by atoms with Crippen LogP contribution < -0.4 is 5.73 Å². The molecule has 0 saturated heterocycles. The quantitative estimate of drug-likeness (QED) is 0.941. The SMILES string of the molecule is CC(c1ccccc1)S(C)(C)(C)(C)c1nnc(N)s1. The summed E-state index contributed by atoms with van der Waals surface area (Å²) in [5, 5.41) is 9.33. The third-order valence-corrected chi connectivity index (χ3v) is 12.3. The molecule has 0 amide bonds. The van der Waals surface area contributed by atoms with E-state index in [4.69, 9.17) is 5.73 Å². The third-order valence-electron chi connectivity index (χ3n) is 4.08. The van der Waals surface area contributed by atoms with E-state index in [9.17, 15) is 0 Å². The summed E-state index contributed by atoms with van der Waals surface area (Å²) in [6.07, 6.45) is 9.38. The summed E-state index contributed by atoms with van der Waals surface area (Å²) in [6, 6.07) is 10.6. The molecule has 0 fully saturated rings. The fourth-order valence-corrected chi connectivity index (χ4v) is 6.74. The van der Waals surface area contributed by atoms with E-state index in [0.29, 0.717) is 10.4 Å². The van der Waals surface area contributed by atoms with E-state index in [-0.39, 0.29) is 0 Å². The van der Waals surface area contributed by atoms with Gasteiger partial charge in [-0.25, -0.2) is 8.29 Å². The first kappa shape index (κ1) is 14.3. The standard InChI is InChI=1S/C14H23N3S2/c1-11(12-9-7-6-8-10-12)19(2,3,4,5)14-17-16-13(15)18-14/h6-11H,1-5H3,(H2,15,16). The Kier molecular flexibility index (Phi) is 2.82. The van der Waals surface area contributed by atoms with Crippen molar-refractivity contribution < 1.29 is 0 Å². The summed E-state index contributed by atoms with van der Waals surface area (Å²) < 4.78 is 1.08. The lowest BCUT2D eigenvalue weighted by Gasteiger charge is -2.70. The summed E-state index contributed by atoms with van der Waals surface area (Å²) in [7, 11) is -2.57. The molecule has 1 atom stereocenters. The molecule has 0 spiro atoms. The molecule has 5 heteroatoms. The zero-order valence-corrected chi connectivity index (χ0v) is 13.9. The Bertz CT molecular complexity index is 595. The number of anilines is 1. The Balaban J connectivity index is 2.61. The third kappa shape index (κ3) is 2.37. The van der Waals surface area contributed by atoms with Crippen molar-refractivity contribution in [3.63, 3.8) is 0 Å². The first-order valence-electron chi connectivity index (χ1n) is 6.19. The predicted octanol–water partition coefficient (Wildman–Crippen LogP) is 3.64. The van der Waals surface area contributed by atoms with Gasteiger partial charge in [-0.15, -0.1) is 10.2 Å². The maximum absolute atomic E-state index is 5.80. The molecule has 2 rings (SSSR count). The van der Waals surface area contributed by atoms with E-state index in [2.05, 4.69) is 72.5 Å². The van der Waals surface area contributed by atoms with Crippen LogP contribution in [-0.4, -0.2) is 35.2 Å². The van der Waals surface area contributed by atoms with Crippen molar-refractivity contribution in [2.24, 2.45) is 0 Å². The van der Waals surface area contributed by atoms with Gasteiger partial charge in [-0.05, 0) is 30.6 Å². The van der Waals surface area contributed by atoms with Crippen LogP contribution in [0, 0.1) is 0 Å². The number of aromatic nitrogens is 2. The number of rotatable bonds is 3. The van der Waals surface area contributed by atoms with E-state index in [1.165, 1.54) is 16.9 Å². The molecule has 1 aromatic carbocycles. The minimum atomic E-state index is -2.57. The second-order valence-electron chi connectivity index (χ2n) is 7.29. The van der Waals surface area contributed by atoms with Crippen LogP contribution in [0.25, 0.3) is 0 Å². The highest BCUT2D eigenvalue weighted by molar-refractivity contribution is 8.63. The van der Waals surface area contributed by atoms with Crippen molar-refractivity contribution in [1.29, 1.82) is 0 Å². The summed E-state index contributed by atoms with van der Waals surface area (Å²) in [5.74, 6) is 0. The fourth-order valence-electron chi connectivity index (χ4n) is 2.09. The Morgan fingerprint density at radius 1 is 1.05 bits per heavy atom. The van der Waals surface area contributed by atoms with Crippen LogP contribution >= 0.6 is 19.6 Å². The van der Waals surface area contributed by atoms with E-state index >= 15 is 0 Å². The maximum Gasteiger partial charge on any atom is 0.203 e. The van der Waals surface area contributed by atoms with Crippen LogP contribution in [0.4, 0.5) is 5.13 Å². The van der Waals surface area contributed by atoms with Crippen LogP contribution in [0.2, 0.25) is 0 Å². The maximum atomic E-state index is 5.80. The van der Waals surface area contributed by atoms with Crippen molar-refractivity contribution in [3.05, 3.63) is 35.9 Å². The lowest BCUT2D eigenvalue weighted by atomic mass is 10.2. The van der Waals surface area contributed by atoms with E-state index in [0.717, 1.165) is 4.34 Å². The molecular formula is C14H23N3S2. The van der Waals surface area contributed by atoms with Crippen molar-refractivity contribution in [1.82, 2.24) is 10.2 Å². The Morgan fingerprint density at radius 3 is 2.11 bits per heavy atom. The van der Waals surface area contributed by atoms with Gasteiger partial charge in [0.2, 0.25) is 5.13 Å². The molecule has 0 aliphatic carbocycles. The second kappa shape index (κ2) is 3.73. The number of nitrogen functional groups attached to an aromatic ring is 1. The highest BCUT2D eigenvalue weighted by Crippen LogP contribution is 2.91. The van der Waals surface area contributed by atoms with Crippen LogP contribution in [-0.2, 0) is 0 Å². The highest BCUT2D eigenvalue weighted by atomic mass is 32.4. The van der Waals surface area contributed by atoms with Gasteiger partial charge < -0.3 is 5.73 Å². The van der Waals surface area contributed by atoms with Crippen LogP contribution in [0.3, 0.4) is 0 Å². The average Bonchev–Trinajstić information content (AvgIpc) is 2.76. The molecule has 106 valence electrons. The minimum Gasteiger partial charge on any atom is -0.374 e.